The molecule has 0 aliphatic heterocycles. The molecule has 0 radical (unpaired) electrons. The molecular weight excluding hydrogens is 266 g/mol. The Morgan fingerprint density at radius 1 is 1.31 bits per heavy atom. The summed E-state index contributed by atoms with van der Waals surface area (Å²) < 4.78 is 1.05. The third kappa shape index (κ3) is 3.49. The lowest BCUT2D eigenvalue weighted by Gasteiger charge is -2.26. The average molecular weight is 286 g/mol. The number of rotatable bonds is 5. The molecular formula is C13H20BrNO. The number of anilines is 1. The summed E-state index contributed by atoms with van der Waals surface area (Å²) in [5.41, 5.74) is 1.67. The first-order chi connectivity index (χ1) is 7.50. The number of hydrogen-bond donors (Lipinski definition) is 2. The van der Waals surface area contributed by atoms with Gasteiger partial charge in [-0.1, -0.05) is 35.8 Å². The molecule has 0 unspecified atom stereocenters. The van der Waals surface area contributed by atoms with Crippen LogP contribution in [0.15, 0.2) is 22.7 Å². The first kappa shape index (κ1) is 13.5. The van der Waals surface area contributed by atoms with Crippen molar-refractivity contribution >= 4 is 21.6 Å². The van der Waals surface area contributed by atoms with Crippen molar-refractivity contribution in [2.24, 2.45) is 0 Å². The molecule has 0 aliphatic rings. The summed E-state index contributed by atoms with van der Waals surface area (Å²) in [4.78, 5) is 0. The maximum Gasteiger partial charge on any atom is 0.0814 e. The van der Waals surface area contributed by atoms with Crippen LogP contribution in [0.1, 0.15) is 32.3 Å². The van der Waals surface area contributed by atoms with Crippen molar-refractivity contribution < 1.29 is 5.11 Å². The van der Waals surface area contributed by atoms with Crippen molar-refractivity contribution in [1.82, 2.24) is 0 Å². The molecule has 0 fully saturated rings. The molecule has 0 atom stereocenters. The molecule has 16 heavy (non-hydrogen) atoms. The van der Waals surface area contributed by atoms with Crippen LogP contribution in [0.2, 0.25) is 0 Å². The Hall–Kier alpha value is -0.540. The number of hydrogen-bond acceptors (Lipinski definition) is 2. The second-order valence-electron chi connectivity index (χ2n) is 4.24. The Bertz CT molecular complexity index is 348. The SMILES string of the molecule is CCC(O)(CC)CNc1cc(Br)ccc1C. The zero-order chi connectivity index (χ0) is 12.2. The molecule has 90 valence electrons. The molecule has 1 aromatic carbocycles. The van der Waals surface area contributed by atoms with Gasteiger partial charge in [0.2, 0.25) is 0 Å². The van der Waals surface area contributed by atoms with Gasteiger partial charge in [-0.3, -0.25) is 0 Å². The van der Waals surface area contributed by atoms with Gasteiger partial charge in [-0.05, 0) is 37.5 Å². The highest BCUT2D eigenvalue weighted by Gasteiger charge is 2.21. The van der Waals surface area contributed by atoms with Gasteiger partial charge in [0.25, 0.3) is 0 Å². The van der Waals surface area contributed by atoms with E-state index in [0.717, 1.165) is 23.0 Å². The molecule has 0 saturated heterocycles. The predicted octanol–water partition coefficient (Wildman–Crippen LogP) is 3.72. The molecule has 0 aromatic heterocycles. The van der Waals surface area contributed by atoms with Crippen LogP contribution in [0.3, 0.4) is 0 Å². The number of aliphatic hydroxyl groups is 1. The van der Waals surface area contributed by atoms with E-state index in [1.165, 1.54) is 5.56 Å². The fraction of sp³-hybridized carbons (Fsp3) is 0.538. The molecule has 1 aromatic rings. The van der Waals surface area contributed by atoms with Crippen LogP contribution >= 0.6 is 15.9 Å². The Morgan fingerprint density at radius 2 is 1.94 bits per heavy atom. The predicted molar refractivity (Wildman–Crippen MR) is 72.9 cm³/mol. The Labute approximate surface area is 106 Å². The summed E-state index contributed by atoms with van der Waals surface area (Å²) in [6.45, 7) is 6.68. The van der Waals surface area contributed by atoms with E-state index < -0.39 is 5.60 Å². The van der Waals surface area contributed by atoms with Gasteiger partial charge in [-0.15, -0.1) is 0 Å². The minimum absolute atomic E-state index is 0.595. The van der Waals surface area contributed by atoms with Crippen molar-refractivity contribution in [2.45, 2.75) is 39.2 Å². The lowest BCUT2D eigenvalue weighted by Crippen LogP contribution is -2.35. The van der Waals surface area contributed by atoms with E-state index in [4.69, 9.17) is 0 Å². The monoisotopic (exact) mass is 285 g/mol. The topological polar surface area (TPSA) is 32.3 Å². The molecule has 0 bridgehead atoms. The van der Waals surface area contributed by atoms with Crippen molar-refractivity contribution in [2.75, 3.05) is 11.9 Å². The van der Waals surface area contributed by atoms with Crippen LogP contribution in [-0.4, -0.2) is 17.3 Å². The largest absolute Gasteiger partial charge is 0.388 e. The minimum Gasteiger partial charge on any atom is -0.388 e. The van der Waals surface area contributed by atoms with Crippen LogP contribution in [-0.2, 0) is 0 Å². The molecule has 2 nitrogen and oxygen atoms in total. The Kier molecular flexibility index (Phi) is 4.81. The highest BCUT2D eigenvalue weighted by atomic mass is 79.9. The fourth-order valence-corrected chi connectivity index (χ4v) is 1.91. The van der Waals surface area contributed by atoms with Gasteiger partial charge >= 0.3 is 0 Å². The van der Waals surface area contributed by atoms with E-state index >= 15 is 0 Å². The Morgan fingerprint density at radius 3 is 2.50 bits per heavy atom. The number of halogens is 1. The van der Waals surface area contributed by atoms with Gasteiger partial charge in [0.1, 0.15) is 0 Å². The fourth-order valence-electron chi connectivity index (χ4n) is 1.54. The molecule has 0 aliphatic carbocycles. The normalized spacial score (nSPS) is 11.6. The quantitative estimate of drug-likeness (QED) is 0.864. The van der Waals surface area contributed by atoms with Gasteiger partial charge in [-0.25, -0.2) is 0 Å². The van der Waals surface area contributed by atoms with Crippen molar-refractivity contribution in [3.05, 3.63) is 28.2 Å². The minimum atomic E-state index is -0.602. The molecule has 0 spiro atoms. The van der Waals surface area contributed by atoms with Gasteiger partial charge in [0, 0.05) is 16.7 Å². The van der Waals surface area contributed by atoms with Crippen LogP contribution in [0.5, 0.6) is 0 Å². The van der Waals surface area contributed by atoms with Crippen molar-refractivity contribution in [3.63, 3.8) is 0 Å². The summed E-state index contributed by atoms with van der Waals surface area (Å²) >= 11 is 3.45. The second-order valence-corrected chi connectivity index (χ2v) is 5.16. The van der Waals surface area contributed by atoms with Crippen LogP contribution < -0.4 is 5.32 Å². The molecule has 1 rings (SSSR count). The molecule has 0 saturated carbocycles. The highest BCUT2D eigenvalue weighted by molar-refractivity contribution is 9.10. The maximum atomic E-state index is 10.2. The first-order valence-corrected chi connectivity index (χ1v) is 6.52. The van der Waals surface area contributed by atoms with Gasteiger partial charge in [-0.2, -0.15) is 0 Å². The van der Waals surface area contributed by atoms with E-state index in [1.807, 2.05) is 26.0 Å². The first-order valence-electron chi connectivity index (χ1n) is 5.73. The van der Waals surface area contributed by atoms with Crippen molar-refractivity contribution in [1.29, 1.82) is 0 Å². The maximum absolute atomic E-state index is 10.2. The summed E-state index contributed by atoms with van der Waals surface area (Å²) in [5.74, 6) is 0. The number of aryl methyl sites for hydroxylation is 1. The third-order valence-electron chi connectivity index (χ3n) is 3.12. The van der Waals surface area contributed by atoms with Crippen LogP contribution in [0, 0.1) is 6.92 Å². The molecule has 3 heteroatoms. The lowest BCUT2D eigenvalue weighted by atomic mass is 9.97. The standard InChI is InChI=1S/C13H20BrNO/c1-4-13(16,5-2)9-15-12-8-11(14)7-6-10(12)3/h6-8,15-16H,4-5,9H2,1-3H3. The molecule has 0 amide bonds. The van der Waals surface area contributed by atoms with Gasteiger partial charge in [0.05, 0.1) is 5.60 Å². The van der Waals surface area contributed by atoms with E-state index in [9.17, 15) is 5.11 Å². The van der Waals surface area contributed by atoms with E-state index in [0.29, 0.717) is 6.54 Å². The zero-order valence-corrected chi connectivity index (χ0v) is 11.8. The lowest BCUT2D eigenvalue weighted by molar-refractivity contribution is 0.0457. The Balaban J connectivity index is 2.70. The van der Waals surface area contributed by atoms with E-state index in [2.05, 4.69) is 34.2 Å². The van der Waals surface area contributed by atoms with Crippen molar-refractivity contribution in [3.8, 4) is 0 Å². The van der Waals surface area contributed by atoms with E-state index in [-0.39, 0.29) is 0 Å². The zero-order valence-electron chi connectivity index (χ0n) is 10.2. The second kappa shape index (κ2) is 5.69. The summed E-state index contributed by atoms with van der Waals surface area (Å²) in [6, 6.07) is 6.12. The smallest absolute Gasteiger partial charge is 0.0814 e. The van der Waals surface area contributed by atoms with Crippen LogP contribution in [0.25, 0.3) is 0 Å². The van der Waals surface area contributed by atoms with Crippen LogP contribution in [0.4, 0.5) is 5.69 Å². The summed E-state index contributed by atoms with van der Waals surface area (Å²) in [5, 5.41) is 13.5. The average Bonchev–Trinajstić information content (AvgIpc) is 2.30. The highest BCUT2D eigenvalue weighted by Crippen LogP contribution is 2.22. The molecule has 0 heterocycles. The summed E-state index contributed by atoms with van der Waals surface area (Å²) in [7, 11) is 0. The molecule has 2 N–H and O–H groups in total. The number of nitrogens with one attached hydrogen (secondary N) is 1. The third-order valence-corrected chi connectivity index (χ3v) is 3.62. The van der Waals surface area contributed by atoms with Gasteiger partial charge in [0.15, 0.2) is 0 Å². The van der Waals surface area contributed by atoms with Gasteiger partial charge < -0.3 is 10.4 Å². The number of benzene rings is 1. The van der Waals surface area contributed by atoms with E-state index in [1.54, 1.807) is 0 Å². The summed E-state index contributed by atoms with van der Waals surface area (Å²) in [6.07, 6.45) is 1.53.